The molecule has 4 heterocycles. The van der Waals surface area contributed by atoms with E-state index in [0.29, 0.717) is 17.9 Å². The van der Waals surface area contributed by atoms with Gasteiger partial charge in [-0.1, -0.05) is 45.2 Å². The zero-order valence-electron chi connectivity index (χ0n) is 23.5. The van der Waals surface area contributed by atoms with E-state index in [0.717, 1.165) is 44.1 Å². The average molecular weight is 569 g/mol. The number of rotatable bonds is 5. The standard InChI is InChI=1S/C28H40N8O5/c1-26(2)11-12-41-20-16(9-6-10-17(20)26)23(38)33-19-14-36-25(30)32-18(13-31-22(37)15-7-4-3-5-8-15)21-27(36,28(19,39)40)35-24(29)34-21/h6,9-10,15,18-19,21,39-40H,3-5,7-8,11-14H2,1-2H3,(H2,30,32)(H,31,37)(H,33,38)(H3,29,34,35)/t18-,19?,21-,27-/m0/s1. The third-order valence-corrected chi connectivity index (χ3v) is 9.53. The lowest BCUT2D eigenvalue weighted by molar-refractivity contribution is -0.230. The Labute approximate surface area is 238 Å². The number of hydrogen-bond acceptors (Lipinski definition) is 11. The minimum Gasteiger partial charge on any atom is -0.492 e. The fourth-order valence-corrected chi connectivity index (χ4v) is 7.15. The Morgan fingerprint density at radius 1 is 1.17 bits per heavy atom. The zero-order chi connectivity index (χ0) is 29.2. The van der Waals surface area contributed by atoms with Crippen LogP contribution in [0.2, 0.25) is 0 Å². The minimum absolute atomic E-state index is 0.0132. The van der Waals surface area contributed by atoms with Crippen LogP contribution in [-0.2, 0) is 10.2 Å². The minimum atomic E-state index is -2.57. The van der Waals surface area contributed by atoms with E-state index in [1.54, 1.807) is 12.1 Å². The number of nitrogens with one attached hydrogen (secondary N) is 3. The van der Waals surface area contributed by atoms with E-state index in [1.807, 2.05) is 6.07 Å². The topological polar surface area (TPSA) is 200 Å². The Morgan fingerprint density at radius 2 is 1.93 bits per heavy atom. The number of nitrogens with zero attached hydrogens (tertiary/aromatic N) is 3. The Kier molecular flexibility index (Phi) is 6.57. The normalized spacial score (nSPS) is 31.4. The summed E-state index contributed by atoms with van der Waals surface area (Å²) in [5.41, 5.74) is 11.8. The van der Waals surface area contributed by atoms with Crippen LogP contribution in [0.3, 0.4) is 0 Å². The molecular weight excluding hydrogens is 528 g/mol. The SMILES string of the molecule is CC1(C)CCOc2c(C(=O)NC3CN4C(N)=N[C@@H](CNC(=O)C5CCCCC5)[C@@H]5N=C(N)N[C@@]54C3(O)O)cccc21. The number of nitrogens with two attached hydrogens (primary N) is 2. The van der Waals surface area contributed by atoms with Gasteiger partial charge in [-0.15, -0.1) is 0 Å². The van der Waals surface area contributed by atoms with Crippen molar-refractivity contribution in [3.05, 3.63) is 29.3 Å². The van der Waals surface area contributed by atoms with Gasteiger partial charge < -0.3 is 47.3 Å². The van der Waals surface area contributed by atoms with Crippen LogP contribution < -0.4 is 32.2 Å². The summed E-state index contributed by atoms with van der Waals surface area (Å²) >= 11 is 0. The Bertz CT molecular complexity index is 1310. The highest BCUT2D eigenvalue weighted by Crippen LogP contribution is 2.45. The summed E-state index contributed by atoms with van der Waals surface area (Å²) in [6.45, 7) is 4.71. The number of aliphatic imine (C=N–C) groups is 2. The highest BCUT2D eigenvalue weighted by Gasteiger charge is 2.73. The van der Waals surface area contributed by atoms with Crippen molar-refractivity contribution in [1.29, 1.82) is 0 Å². The molecule has 0 aromatic heterocycles. The van der Waals surface area contributed by atoms with E-state index in [9.17, 15) is 19.8 Å². The second-order valence-corrected chi connectivity index (χ2v) is 12.5. The van der Waals surface area contributed by atoms with Gasteiger partial charge in [0.25, 0.3) is 5.91 Å². The molecule has 0 bridgehead atoms. The fourth-order valence-electron chi connectivity index (χ4n) is 7.15. The van der Waals surface area contributed by atoms with E-state index < -0.39 is 35.5 Å². The van der Waals surface area contributed by atoms with Crippen LogP contribution in [0.15, 0.2) is 28.2 Å². The Morgan fingerprint density at radius 3 is 2.68 bits per heavy atom. The van der Waals surface area contributed by atoms with Crippen molar-refractivity contribution in [1.82, 2.24) is 20.9 Å². The number of aliphatic hydroxyl groups is 2. The third-order valence-electron chi connectivity index (χ3n) is 9.53. The van der Waals surface area contributed by atoms with E-state index in [4.69, 9.17) is 16.2 Å². The van der Waals surface area contributed by atoms with Gasteiger partial charge in [-0.05, 0) is 30.7 Å². The Hall–Kier alpha value is -3.58. The fraction of sp³-hybridized carbons (Fsp3) is 0.643. The van der Waals surface area contributed by atoms with Gasteiger partial charge in [0.15, 0.2) is 17.6 Å². The van der Waals surface area contributed by atoms with Crippen molar-refractivity contribution >= 4 is 23.7 Å². The van der Waals surface area contributed by atoms with Gasteiger partial charge in [0.1, 0.15) is 17.8 Å². The van der Waals surface area contributed by atoms with Crippen molar-refractivity contribution in [2.75, 3.05) is 19.7 Å². The number of carbonyl (C=O) groups excluding carboxylic acids is 2. The van der Waals surface area contributed by atoms with Crippen LogP contribution in [0.5, 0.6) is 5.75 Å². The molecule has 41 heavy (non-hydrogen) atoms. The van der Waals surface area contributed by atoms with Gasteiger partial charge in [-0.25, -0.2) is 9.98 Å². The monoisotopic (exact) mass is 568 g/mol. The van der Waals surface area contributed by atoms with Crippen LogP contribution in [-0.4, -0.2) is 88.1 Å². The molecule has 1 unspecified atom stereocenters. The lowest BCUT2D eigenvalue weighted by Crippen LogP contribution is -2.78. The summed E-state index contributed by atoms with van der Waals surface area (Å²) in [6.07, 6.45) is 5.70. The first kappa shape index (κ1) is 27.6. The summed E-state index contributed by atoms with van der Waals surface area (Å²) in [4.78, 5) is 37.0. The van der Waals surface area contributed by atoms with Crippen LogP contribution in [0, 0.1) is 5.92 Å². The number of guanidine groups is 2. The maximum atomic E-state index is 13.6. The quantitative estimate of drug-likeness (QED) is 0.223. The maximum Gasteiger partial charge on any atom is 0.255 e. The van der Waals surface area contributed by atoms with Crippen molar-refractivity contribution in [2.45, 2.75) is 87.4 Å². The van der Waals surface area contributed by atoms with E-state index in [1.165, 1.54) is 4.90 Å². The van der Waals surface area contributed by atoms with Crippen LogP contribution in [0.4, 0.5) is 0 Å². The largest absolute Gasteiger partial charge is 0.492 e. The summed E-state index contributed by atoms with van der Waals surface area (Å²) in [5.74, 6) is -2.67. The molecule has 1 spiro atoms. The van der Waals surface area contributed by atoms with Gasteiger partial charge in [0.05, 0.1) is 18.2 Å². The van der Waals surface area contributed by atoms with Gasteiger partial charge >= 0.3 is 0 Å². The van der Waals surface area contributed by atoms with E-state index in [-0.39, 0.29) is 42.2 Å². The lowest BCUT2D eigenvalue weighted by atomic mass is 9.79. The molecule has 6 rings (SSSR count). The van der Waals surface area contributed by atoms with Crippen molar-refractivity contribution in [3.8, 4) is 5.75 Å². The van der Waals surface area contributed by atoms with E-state index >= 15 is 0 Å². The summed E-state index contributed by atoms with van der Waals surface area (Å²) in [6, 6.07) is 2.60. The number of para-hydroxylation sites is 1. The Balaban J connectivity index is 1.25. The second-order valence-electron chi connectivity index (χ2n) is 12.5. The molecule has 1 aromatic carbocycles. The summed E-state index contributed by atoms with van der Waals surface area (Å²) in [7, 11) is 0. The number of hydrogen-bond donors (Lipinski definition) is 7. The molecule has 13 heteroatoms. The number of fused-ring (bicyclic) bond motifs is 1. The molecule has 1 aliphatic carbocycles. The summed E-state index contributed by atoms with van der Waals surface area (Å²) in [5, 5.41) is 32.2. The molecule has 4 atom stereocenters. The molecule has 1 aromatic rings. The first-order valence-electron chi connectivity index (χ1n) is 14.5. The molecule has 1 saturated carbocycles. The predicted octanol–water partition coefficient (Wildman–Crippen LogP) is -0.782. The molecule has 13 nitrogen and oxygen atoms in total. The number of benzene rings is 1. The van der Waals surface area contributed by atoms with Gasteiger partial charge in [0, 0.05) is 24.6 Å². The third kappa shape index (κ3) is 4.28. The molecule has 2 amide bonds. The van der Waals surface area contributed by atoms with Gasteiger partial charge in [0.2, 0.25) is 11.7 Å². The molecule has 4 aliphatic heterocycles. The van der Waals surface area contributed by atoms with Crippen molar-refractivity contribution < 1.29 is 24.5 Å². The van der Waals surface area contributed by atoms with Crippen LogP contribution in [0.25, 0.3) is 0 Å². The van der Waals surface area contributed by atoms with Crippen LogP contribution >= 0.6 is 0 Å². The van der Waals surface area contributed by atoms with E-state index in [2.05, 4.69) is 39.8 Å². The average Bonchev–Trinajstić information content (AvgIpc) is 3.41. The van der Waals surface area contributed by atoms with Gasteiger partial charge in [-0.3, -0.25) is 9.59 Å². The smallest absolute Gasteiger partial charge is 0.255 e. The molecule has 222 valence electrons. The zero-order valence-corrected chi connectivity index (χ0v) is 23.5. The molecule has 5 aliphatic rings. The first-order chi connectivity index (χ1) is 19.5. The highest BCUT2D eigenvalue weighted by molar-refractivity contribution is 5.98. The van der Waals surface area contributed by atoms with Crippen molar-refractivity contribution in [2.24, 2.45) is 27.4 Å². The number of carbonyl (C=O) groups is 2. The number of amides is 2. The first-order valence-corrected chi connectivity index (χ1v) is 14.5. The molecular formula is C28H40N8O5. The van der Waals surface area contributed by atoms with Gasteiger partial charge in [-0.2, -0.15) is 0 Å². The lowest BCUT2D eigenvalue weighted by Gasteiger charge is -2.49. The molecule has 9 N–H and O–H groups in total. The molecule has 1 saturated heterocycles. The van der Waals surface area contributed by atoms with Crippen LogP contribution in [0.1, 0.15) is 68.3 Å². The predicted molar refractivity (Wildman–Crippen MR) is 151 cm³/mol. The molecule has 0 radical (unpaired) electrons. The molecule has 2 fully saturated rings. The number of ether oxygens (including phenoxy) is 1. The van der Waals surface area contributed by atoms with Crippen molar-refractivity contribution in [3.63, 3.8) is 0 Å². The maximum absolute atomic E-state index is 13.6. The summed E-state index contributed by atoms with van der Waals surface area (Å²) < 4.78 is 5.91. The highest BCUT2D eigenvalue weighted by atomic mass is 16.5. The second kappa shape index (κ2) is 9.76.